The van der Waals surface area contributed by atoms with Gasteiger partial charge in [0, 0.05) is 33.1 Å². The normalized spacial score (nSPS) is 11.0. The number of amides is 4. The van der Waals surface area contributed by atoms with Gasteiger partial charge in [0.1, 0.15) is 16.8 Å². The number of likely N-dealkylation sites (N-methyl/N-ethyl adjacent to an activating group) is 1. The molecule has 8 N–H and O–H groups in total. The summed E-state index contributed by atoms with van der Waals surface area (Å²) in [7, 11) is 3.11. The Morgan fingerprint density at radius 2 is 1.76 bits per heavy atom. The Morgan fingerprint density at radius 3 is 2.30 bits per heavy atom. The number of primary amides is 1. The second-order valence-electron chi connectivity index (χ2n) is 8.32. The highest BCUT2D eigenvalue weighted by Gasteiger charge is 2.26. The van der Waals surface area contributed by atoms with E-state index in [2.05, 4.69) is 20.9 Å². The third-order valence-electron chi connectivity index (χ3n) is 5.00. The fraction of sp³-hybridized carbons (Fsp3) is 0.391. The van der Waals surface area contributed by atoms with E-state index in [1.54, 1.807) is 14.1 Å². The Hall–Kier alpha value is -3.71. The number of amidine groups is 1. The summed E-state index contributed by atoms with van der Waals surface area (Å²) in [5, 5.41) is 15.9. The number of thiazole rings is 1. The van der Waals surface area contributed by atoms with Crippen LogP contribution < -0.4 is 27.4 Å². The van der Waals surface area contributed by atoms with E-state index in [0.717, 1.165) is 22.6 Å². The van der Waals surface area contributed by atoms with E-state index >= 15 is 0 Å². The zero-order chi connectivity index (χ0) is 26.8. The van der Waals surface area contributed by atoms with Crippen molar-refractivity contribution in [1.29, 1.82) is 5.41 Å². The third-order valence-corrected chi connectivity index (χ3v) is 6.01. The number of anilines is 2. The van der Waals surface area contributed by atoms with Crippen LogP contribution in [-0.4, -0.2) is 66.0 Å². The van der Waals surface area contributed by atoms with Crippen molar-refractivity contribution in [2.45, 2.75) is 38.6 Å². The molecule has 2 aromatic rings. The molecule has 4 amide bonds. The number of halogens is 1. The molecular weight excluding hydrogens is 520 g/mol. The first kappa shape index (κ1) is 31.3. The summed E-state index contributed by atoms with van der Waals surface area (Å²) in [5.74, 6) is -1.75. The molecule has 0 spiro atoms. The predicted molar refractivity (Wildman–Crippen MR) is 146 cm³/mol. The van der Waals surface area contributed by atoms with E-state index in [1.807, 2.05) is 24.3 Å². The lowest BCUT2D eigenvalue weighted by atomic mass is 10.1. The molecule has 1 aromatic carbocycles. The minimum atomic E-state index is -0.936. The molecule has 0 radical (unpaired) electrons. The Morgan fingerprint density at radius 1 is 1.11 bits per heavy atom. The van der Waals surface area contributed by atoms with Crippen LogP contribution >= 0.6 is 23.7 Å². The fourth-order valence-electron chi connectivity index (χ4n) is 3.23. The van der Waals surface area contributed by atoms with Crippen molar-refractivity contribution in [3.8, 4) is 0 Å². The van der Waals surface area contributed by atoms with E-state index in [1.165, 1.54) is 11.8 Å². The standard InChI is InChI=1S/C23H32N8O4S.ClH/c1-13(32)28-23-30-16(9-6-14-4-7-15(8-5-14)27-12-18(24)25)20(36-23)21(34)29-17(10-11-19(26)33)22(35)31(2)3;/h4-5,7-8,17,27H,6,9-12H2,1-3H3,(H3,24,25)(H2,26,33)(H,29,34)(H,28,30,32);1H/t17-;/m0./s1. The maximum absolute atomic E-state index is 13.2. The molecule has 1 atom stereocenters. The predicted octanol–water partition coefficient (Wildman–Crippen LogP) is 1.11. The molecule has 12 nitrogen and oxygen atoms in total. The van der Waals surface area contributed by atoms with Crippen LogP contribution in [0.4, 0.5) is 10.8 Å². The van der Waals surface area contributed by atoms with Gasteiger partial charge in [-0.05, 0) is 37.0 Å². The summed E-state index contributed by atoms with van der Waals surface area (Å²) in [5.41, 5.74) is 12.9. The highest BCUT2D eigenvalue weighted by Crippen LogP contribution is 2.25. The average Bonchev–Trinajstić information content (AvgIpc) is 3.20. The molecule has 0 saturated carbocycles. The zero-order valence-electron chi connectivity index (χ0n) is 20.9. The van der Waals surface area contributed by atoms with Crippen molar-refractivity contribution in [1.82, 2.24) is 15.2 Å². The van der Waals surface area contributed by atoms with E-state index < -0.39 is 17.9 Å². The number of carbonyl (C=O) groups is 4. The summed E-state index contributed by atoms with van der Waals surface area (Å²) in [6.45, 7) is 1.59. The van der Waals surface area contributed by atoms with Crippen LogP contribution in [0.5, 0.6) is 0 Å². The quantitative estimate of drug-likeness (QED) is 0.158. The Labute approximate surface area is 225 Å². The lowest BCUT2D eigenvalue weighted by Gasteiger charge is -2.21. The van der Waals surface area contributed by atoms with Gasteiger partial charge in [-0.2, -0.15) is 0 Å². The minimum Gasteiger partial charge on any atom is -0.386 e. The van der Waals surface area contributed by atoms with Crippen LogP contribution in [0.25, 0.3) is 0 Å². The van der Waals surface area contributed by atoms with E-state index in [-0.39, 0.29) is 59.5 Å². The lowest BCUT2D eigenvalue weighted by molar-refractivity contribution is -0.131. The molecule has 1 aromatic heterocycles. The number of hydrogen-bond acceptors (Lipinski definition) is 8. The van der Waals surface area contributed by atoms with Gasteiger partial charge in [0.15, 0.2) is 5.13 Å². The van der Waals surface area contributed by atoms with Crippen LogP contribution in [0.1, 0.15) is 40.7 Å². The number of nitrogens with two attached hydrogens (primary N) is 2. The molecule has 37 heavy (non-hydrogen) atoms. The Kier molecular flexibility index (Phi) is 12.5. The van der Waals surface area contributed by atoms with E-state index in [9.17, 15) is 19.2 Å². The summed E-state index contributed by atoms with van der Waals surface area (Å²) in [6.07, 6.45) is 0.980. The molecule has 0 saturated heterocycles. The van der Waals surface area contributed by atoms with Gasteiger partial charge in [-0.3, -0.25) is 24.6 Å². The SMILES string of the molecule is CC(=O)Nc1nc(CCc2ccc(NCC(=N)N)cc2)c(C(=O)N[C@@H](CCC(N)=O)C(=O)N(C)C)s1.Cl. The van der Waals surface area contributed by atoms with Crippen molar-refractivity contribution in [3.63, 3.8) is 0 Å². The first-order valence-corrected chi connectivity index (χ1v) is 12.0. The molecule has 0 aliphatic heterocycles. The molecule has 14 heteroatoms. The fourth-order valence-corrected chi connectivity index (χ4v) is 4.19. The number of hydrogen-bond donors (Lipinski definition) is 6. The van der Waals surface area contributed by atoms with Gasteiger partial charge < -0.3 is 32.3 Å². The first-order valence-electron chi connectivity index (χ1n) is 11.2. The topological polar surface area (TPSA) is 196 Å². The van der Waals surface area contributed by atoms with Gasteiger partial charge in [-0.25, -0.2) is 4.98 Å². The van der Waals surface area contributed by atoms with Gasteiger partial charge in [-0.15, -0.1) is 12.4 Å². The second kappa shape index (κ2) is 14.8. The van der Waals surface area contributed by atoms with Crippen LogP contribution in [0.3, 0.4) is 0 Å². The number of nitrogens with zero attached hydrogens (tertiary/aromatic N) is 2. The van der Waals surface area contributed by atoms with E-state index in [0.29, 0.717) is 18.5 Å². The Bertz CT molecular complexity index is 1120. The van der Waals surface area contributed by atoms with Gasteiger partial charge in [0.2, 0.25) is 17.7 Å². The molecule has 2 rings (SSSR count). The number of rotatable bonds is 13. The highest BCUT2D eigenvalue weighted by molar-refractivity contribution is 7.17. The largest absolute Gasteiger partial charge is 0.386 e. The van der Waals surface area contributed by atoms with E-state index in [4.69, 9.17) is 16.9 Å². The summed E-state index contributed by atoms with van der Waals surface area (Å²) in [6, 6.07) is 6.63. The third kappa shape index (κ3) is 10.4. The Balaban J connectivity index is 0.00000684. The zero-order valence-corrected chi connectivity index (χ0v) is 22.6. The molecule has 0 unspecified atom stereocenters. The highest BCUT2D eigenvalue weighted by atomic mass is 35.5. The first-order chi connectivity index (χ1) is 17.0. The molecule has 202 valence electrons. The van der Waals surface area contributed by atoms with Crippen LogP contribution in [0.2, 0.25) is 0 Å². The number of aryl methyl sites for hydroxylation is 2. The average molecular weight is 553 g/mol. The van der Waals surface area contributed by atoms with Crippen molar-refractivity contribution in [2.75, 3.05) is 31.3 Å². The lowest BCUT2D eigenvalue weighted by Crippen LogP contribution is -2.46. The summed E-state index contributed by atoms with van der Waals surface area (Å²) < 4.78 is 0. The van der Waals surface area contributed by atoms with Crippen molar-refractivity contribution in [2.24, 2.45) is 11.5 Å². The molecule has 0 fully saturated rings. The number of nitrogens with one attached hydrogen (secondary N) is 4. The molecule has 0 bridgehead atoms. The number of benzene rings is 1. The van der Waals surface area contributed by atoms with Crippen LogP contribution in [0.15, 0.2) is 24.3 Å². The minimum absolute atomic E-state index is 0. The van der Waals surface area contributed by atoms with Crippen LogP contribution in [-0.2, 0) is 27.2 Å². The van der Waals surface area contributed by atoms with Gasteiger partial charge in [-0.1, -0.05) is 23.5 Å². The number of aromatic nitrogens is 1. The summed E-state index contributed by atoms with van der Waals surface area (Å²) in [4.78, 5) is 54.5. The van der Waals surface area contributed by atoms with Crippen molar-refractivity contribution in [3.05, 3.63) is 40.4 Å². The monoisotopic (exact) mass is 552 g/mol. The van der Waals surface area contributed by atoms with Crippen LogP contribution in [0, 0.1) is 5.41 Å². The van der Waals surface area contributed by atoms with Gasteiger partial charge >= 0.3 is 0 Å². The second-order valence-corrected chi connectivity index (χ2v) is 9.31. The summed E-state index contributed by atoms with van der Waals surface area (Å²) >= 11 is 1.02. The van der Waals surface area contributed by atoms with Gasteiger partial charge in [0.05, 0.1) is 12.2 Å². The maximum Gasteiger partial charge on any atom is 0.264 e. The smallest absolute Gasteiger partial charge is 0.264 e. The number of carbonyl (C=O) groups excluding carboxylic acids is 4. The van der Waals surface area contributed by atoms with Crippen molar-refractivity contribution < 1.29 is 19.2 Å². The molecule has 1 heterocycles. The molecule has 0 aliphatic carbocycles. The van der Waals surface area contributed by atoms with Gasteiger partial charge in [0.25, 0.3) is 5.91 Å². The van der Waals surface area contributed by atoms with Crippen molar-refractivity contribution >= 4 is 64.0 Å². The molecule has 0 aliphatic rings. The molecular formula is C23H33ClN8O4S. The maximum atomic E-state index is 13.2.